The first-order chi connectivity index (χ1) is 9.72. The van der Waals surface area contributed by atoms with Gasteiger partial charge in [-0.1, -0.05) is 13.3 Å². The Morgan fingerprint density at radius 2 is 1.60 bits per heavy atom. The maximum Gasteiger partial charge on any atom is 0.0593 e. The predicted octanol–water partition coefficient (Wildman–Crippen LogP) is 2.27. The van der Waals surface area contributed by atoms with Gasteiger partial charge in [-0.2, -0.15) is 0 Å². The Hall–Kier alpha value is -0.160. The third-order valence-corrected chi connectivity index (χ3v) is 4.48. The molecule has 3 atom stereocenters. The van der Waals surface area contributed by atoms with E-state index in [1.165, 1.54) is 19.3 Å². The molecule has 4 nitrogen and oxygen atoms in total. The second-order valence-corrected chi connectivity index (χ2v) is 5.75. The molecule has 0 bridgehead atoms. The molecule has 0 heterocycles. The van der Waals surface area contributed by atoms with Gasteiger partial charge in [0, 0.05) is 38.4 Å². The fraction of sp³-hybridized carbons (Fsp3) is 1.00. The van der Waals surface area contributed by atoms with E-state index in [0.717, 1.165) is 51.9 Å². The van der Waals surface area contributed by atoms with Crippen molar-refractivity contribution in [3.8, 4) is 0 Å². The van der Waals surface area contributed by atoms with Crippen molar-refractivity contribution in [1.29, 1.82) is 0 Å². The Balaban J connectivity index is 2.52. The highest BCUT2D eigenvalue weighted by atomic mass is 16.5. The predicted molar refractivity (Wildman–Crippen MR) is 84.0 cm³/mol. The summed E-state index contributed by atoms with van der Waals surface area (Å²) in [5.74, 6) is 0.835. The van der Waals surface area contributed by atoms with E-state index in [9.17, 15) is 0 Å². The van der Waals surface area contributed by atoms with Crippen LogP contribution in [-0.4, -0.2) is 56.5 Å². The highest BCUT2D eigenvalue weighted by molar-refractivity contribution is 4.89. The molecule has 1 aliphatic rings. The van der Waals surface area contributed by atoms with Crippen LogP contribution in [0, 0.1) is 5.92 Å². The summed E-state index contributed by atoms with van der Waals surface area (Å²) in [6.45, 7) is 11.5. The lowest BCUT2D eigenvalue weighted by Crippen LogP contribution is -2.53. The van der Waals surface area contributed by atoms with Crippen LogP contribution < -0.4 is 5.73 Å². The van der Waals surface area contributed by atoms with E-state index < -0.39 is 0 Å². The van der Waals surface area contributed by atoms with Gasteiger partial charge in [0.2, 0.25) is 0 Å². The maximum atomic E-state index is 6.38. The normalized spacial score (nSPS) is 27.1. The first kappa shape index (κ1) is 17.9. The van der Waals surface area contributed by atoms with Gasteiger partial charge in [-0.3, -0.25) is 4.90 Å². The molecule has 2 N–H and O–H groups in total. The largest absolute Gasteiger partial charge is 0.380 e. The summed E-state index contributed by atoms with van der Waals surface area (Å²) in [7, 11) is 0. The van der Waals surface area contributed by atoms with Crippen molar-refractivity contribution in [2.45, 2.75) is 58.5 Å². The molecule has 4 heteroatoms. The van der Waals surface area contributed by atoms with E-state index in [1.54, 1.807) is 0 Å². The molecule has 0 aromatic carbocycles. The molecule has 0 saturated heterocycles. The Labute approximate surface area is 125 Å². The molecule has 0 aromatic heterocycles. The number of nitrogens with two attached hydrogens (primary N) is 1. The lowest BCUT2D eigenvalue weighted by Gasteiger charge is -2.41. The van der Waals surface area contributed by atoms with Crippen molar-refractivity contribution in [3.05, 3.63) is 0 Å². The molecule has 0 spiro atoms. The molecule has 1 fully saturated rings. The summed E-state index contributed by atoms with van der Waals surface area (Å²) >= 11 is 0. The number of hydrogen-bond donors (Lipinski definition) is 1. The average molecular weight is 286 g/mol. The zero-order chi connectivity index (χ0) is 14.8. The first-order valence-corrected chi connectivity index (χ1v) is 8.37. The topological polar surface area (TPSA) is 47.7 Å². The van der Waals surface area contributed by atoms with Crippen molar-refractivity contribution < 1.29 is 9.47 Å². The lowest BCUT2D eigenvalue weighted by molar-refractivity contribution is 0.0384. The molecule has 0 aromatic rings. The van der Waals surface area contributed by atoms with Gasteiger partial charge in [0.15, 0.2) is 0 Å². The third-order valence-electron chi connectivity index (χ3n) is 4.48. The van der Waals surface area contributed by atoms with E-state index in [-0.39, 0.29) is 0 Å². The highest BCUT2D eigenvalue weighted by Gasteiger charge is 2.31. The van der Waals surface area contributed by atoms with E-state index in [4.69, 9.17) is 15.2 Å². The summed E-state index contributed by atoms with van der Waals surface area (Å²) in [5, 5.41) is 0. The first-order valence-electron chi connectivity index (χ1n) is 8.37. The van der Waals surface area contributed by atoms with Gasteiger partial charge in [0.1, 0.15) is 0 Å². The summed E-state index contributed by atoms with van der Waals surface area (Å²) in [5.41, 5.74) is 6.38. The Bertz CT molecular complexity index is 229. The van der Waals surface area contributed by atoms with Gasteiger partial charge in [-0.05, 0) is 39.0 Å². The van der Waals surface area contributed by atoms with Gasteiger partial charge in [-0.25, -0.2) is 0 Å². The van der Waals surface area contributed by atoms with Crippen molar-refractivity contribution in [2.24, 2.45) is 11.7 Å². The van der Waals surface area contributed by atoms with E-state index >= 15 is 0 Å². The molecule has 1 rings (SSSR count). The summed E-state index contributed by atoms with van der Waals surface area (Å²) < 4.78 is 11.1. The average Bonchev–Trinajstić information content (AvgIpc) is 2.47. The zero-order valence-corrected chi connectivity index (χ0v) is 13.6. The van der Waals surface area contributed by atoms with E-state index in [1.807, 2.05) is 13.8 Å². The van der Waals surface area contributed by atoms with Gasteiger partial charge < -0.3 is 15.2 Å². The molecule has 3 unspecified atom stereocenters. The molecular weight excluding hydrogens is 252 g/mol. The second kappa shape index (κ2) is 10.6. The van der Waals surface area contributed by atoms with Crippen molar-refractivity contribution in [2.75, 3.05) is 39.5 Å². The Morgan fingerprint density at radius 3 is 2.10 bits per heavy atom. The quantitative estimate of drug-likeness (QED) is 0.626. The van der Waals surface area contributed by atoms with E-state index in [2.05, 4.69) is 11.8 Å². The number of hydrogen-bond acceptors (Lipinski definition) is 4. The standard InChI is InChI=1S/C16H34N2O2/c1-4-14-7-8-15(17)16(13-14)18(9-11-19-5-2)10-12-20-6-3/h14-16H,4-13,17H2,1-3H3. The van der Waals surface area contributed by atoms with Gasteiger partial charge in [0.05, 0.1) is 13.2 Å². The third kappa shape index (κ3) is 6.08. The van der Waals surface area contributed by atoms with Crippen molar-refractivity contribution in [1.82, 2.24) is 4.90 Å². The van der Waals surface area contributed by atoms with Crippen LogP contribution in [-0.2, 0) is 9.47 Å². The molecule has 0 aliphatic heterocycles. The van der Waals surface area contributed by atoms with Crippen LogP contribution in [0.5, 0.6) is 0 Å². The molecule has 120 valence electrons. The molecular formula is C16H34N2O2. The van der Waals surface area contributed by atoms with Crippen LogP contribution >= 0.6 is 0 Å². The zero-order valence-electron chi connectivity index (χ0n) is 13.6. The molecule has 1 saturated carbocycles. The Morgan fingerprint density at radius 1 is 1.00 bits per heavy atom. The van der Waals surface area contributed by atoms with Crippen LogP contribution in [0.3, 0.4) is 0 Å². The monoisotopic (exact) mass is 286 g/mol. The lowest BCUT2D eigenvalue weighted by atomic mass is 9.80. The number of nitrogens with zero attached hydrogens (tertiary/aromatic N) is 1. The van der Waals surface area contributed by atoms with Crippen LogP contribution in [0.2, 0.25) is 0 Å². The van der Waals surface area contributed by atoms with E-state index in [0.29, 0.717) is 12.1 Å². The minimum Gasteiger partial charge on any atom is -0.380 e. The fourth-order valence-corrected chi connectivity index (χ4v) is 3.14. The molecule has 20 heavy (non-hydrogen) atoms. The van der Waals surface area contributed by atoms with Crippen LogP contribution in [0.4, 0.5) is 0 Å². The summed E-state index contributed by atoms with van der Waals surface area (Å²) in [6.07, 6.45) is 4.95. The van der Waals surface area contributed by atoms with Gasteiger partial charge >= 0.3 is 0 Å². The number of ether oxygens (including phenoxy) is 2. The van der Waals surface area contributed by atoms with Crippen LogP contribution in [0.25, 0.3) is 0 Å². The van der Waals surface area contributed by atoms with Gasteiger partial charge in [-0.15, -0.1) is 0 Å². The minimum absolute atomic E-state index is 0.307. The van der Waals surface area contributed by atoms with Crippen molar-refractivity contribution in [3.63, 3.8) is 0 Å². The Kier molecular flexibility index (Phi) is 9.44. The smallest absolute Gasteiger partial charge is 0.0593 e. The fourth-order valence-electron chi connectivity index (χ4n) is 3.14. The molecule has 0 radical (unpaired) electrons. The summed E-state index contributed by atoms with van der Waals surface area (Å²) in [6, 6.07) is 0.802. The van der Waals surface area contributed by atoms with Crippen LogP contribution in [0.15, 0.2) is 0 Å². The second-order valence-electron chi connectivity index (χ2n) is 5.75. The van der Waals surface area contributed by atoms with Crippen molar-refractivity contribution >= 4 is 0 Å². The maximum absolute atomic E-state index is 6.38. The molecule has 1 aliphatic carbocycles. The highest BCUT2D eigenvalue weighted by Crippen LogP contribution is 2.29. The molecule has 0 amide bonds. The summed E-state index contributed by atoms with van der Waals surface area (Å²) in [4.78, 5) is 2.50. The number of rotatable bonds is 10. The van der Waals surface area contributed by atoms with Crippen LogP contribution in [0.1, 0.15) is 46.5 Å². The van der Waals surface area contributed by atoms with Gasteiger partial charge in [0.25, 0.3) is 0 Å². The SMILES string of the molecule is CCOCCN(CCOCC)C1CC(CC)CCC1N. The minimum atomic E-state index is 0.307.